The average molecular weight is 166 g/mol. The fourth-order valence-corrected chi connectivity index (χ4v) is 1.86. The lowest BCUT2D eigenvalue weighted by Crippen LogP contribution is -1.62. The Balaban J connectivity index is 2.93. The van der Waals surface area contributed by atoms with E-state index in [0.29, 0.717) is 0 Å². The van der Waals surface area contributed by atoms with Gasteiger partial charge in [0.1, 0.15) is 5.03 Å². The highest BCUT2D eigenvalue weighted by atomic mass is 32.1. The summed E-state index contributed by atoms with van der Waals surface area (Å²) in [5.74, 6) is 0. The fraction of sp³-hybridized carbons (Fsp3) is 0. The maximum atomic E-state index is 4.17. The molecule has 0 aliphatic carbocycles. The number of hydrogen-bond donors (Lipinski definition) is 1. The lowest BCUT2D eigenvalue weighted by molar-refractivity contribution is 1.34. The highest BCUT2D eigenvalue weighted by molar-refractivity contribution is 7.80. The molecule has 0 amide bonds. The van der Waals surface area contributed by atoms with E-state index in [9.17, 15) is 0 Å². The van der Waals surface area contributed by atoms with Gasteiger partial charge in [-0.1, -0.05) is 12.1 Å². The van der Waals surface area contributed by atoms with Crippen LogP contribution < -0.4 is 0 Å². The van der Waals surface area contributed by atoms with Gasteiger partial charge in [0, 0.05) is 5.39 Å². The van der Waals surface area contributed by atoms with E-state index >= 15 is 0 Å². The molecule has 0 aliphatic rings. The molecule has 0 spiro atoms. The number of thiol groups is 1. The van der Waals surface area contributed by atoms with Crippen molar-refractivity contribution in [2.24, 2.45) is 0 Å². The first-order valence-electron chi connectivity index (χ1n) is 2.83. The first-order valence-corrected chi connectivity index (χ1v) is 4.05. The summed E-state index contributed by atoms with van der Waals surface area (Å²) in [5, 5.41) is 1.80. The van der Waals surface area contributed by atoms with Crippen molar-refractivity contribution in [3.05, 3.63) is 24.3 Å². The van der Waals surface area contributed by atoms with Crippen molar-refractivity contribution in [3.63, 3.8) is 0 Å². The average Bonchev–Trinajstić information content (AvgIpc) is 2.34. The largest absolute Gasteiger partial charge is 0.185 e. The fourth-order valence-electron chi connectivity index (χ4n) is 0.810. The third-order valence-corrected chi connectivity index (χ3v) is 2.54. The summed E-state index contributed by atoms with van der Waals surface area (Å²) >= 11 is 5.63. The zero-order valence-corrected chi connectivity index (χ0v) is 6.75. The highest BCUT2D eigenvalue weighted by Crippen LogP contribution is 2.23. The first-order chi connectivity index (χ1) is 4.88. The molecule has 1 nitrogen and oxygen atoms in total. The van der Waals surface area contributed by atoms with Crippen LogP contribution in [0.15, 0.2) is 23.2 Å². The number of rotatable bonds is 0. The van der Waals surface area contributed by atoms with Crippen LogP contribution in [0.25, 0.3) is 10.1 Å². The monoisotopic (exact) mass is 166 g/mol. The molecule has 0 atom stereocenters. The molecule has 49 valence electrons. The van der Waals surface area contributed by atoms with Crippen LogP contribution in [0, 0.1) is 6.07 Å². The molecule has 1 heterocycles. The minimum Gasteiger partial charge on any atom is -0.185 e. The van der Waals surface area contributed by atoms with E-state index in [4.69, 9.17) is 0 Å². The van der Waals surface area contributed by atoms with Gasteiger partial charge in [0.25, 0.3) is 0 Å². The number of hydrogen-bond acceptors (Lipinski definition) is 3. The lowest BCUT2D eigenvalue weighted by atomic mass is 10.3. The molecular formula is C7H4NS2. The van der Waals surface area contributed by atoms with Gasteiger partial charge in [-0.25, -0.2) is 0 Å². The van der Waals surface area contributed by atoms with Crippen LogP contribution in [0.4, 0.5) is 0 Å². The van der Waals surface area contributed by atoms with E-state index in [1.165, 1.54) is 11.5 Å². The van der Waals surface area contributed by atoms with Crippen molar-refractivity contribution < 1.29 is 0 Å². The quantitative estimate of drug-likeness (QED) is 0.593. The molecule has 10 heavy (non-hydrogen) atoms. The van der Waals surface area contributed by atoms with Crippen molar-refractivity contribution in [1.82, 2.24) is 4.37 Å². The maximum Gasteiger partial charge on any atom is 0.115 e. The Hall–Kier alpha value is -0.540. The molecule has 0 bridgehead atoms. The van der Waals surface area contributed by atoms with Crippen LogP contribution in [0.2, 0.25) is 0 Å². The second-order valence-electron chi connectivity index (χ2n) is 1.92. The van der Waals surface area contributed by atoms with Crippen molar-refractivity contribution in [2.75, 3.05) is 0 Å². The molecule has 0 unspecified atom stereocenters. The summed E-state index contributed by atoms with van der Waals surface area (Å²) in [5.41, 5.74) is 0. The van der Waals surface area contributed by atoms with Crippen LogP contribution in [0.5, 0.6) is 0 Å². The summed E-state index contributed by atoms with van der Waals surface area (Å²) in [7, 11) is 0. The maximum absolute atomic E-state index is 4.17. The molecule has 1 aromatic heterocycles. The molecule has 3 heteroatoms. The Kier molecular flexibility index (Phi) is 1.39. The third kappa shape index (κ3) is 0.822. The molecule has 0 aliphatic heterocycles. The Morgan fingerprint density at radius 1 is 1.60 bits per heavy atom. The Bertz CT molecular complexity index is 353. The van der Waals surface area contributed by atoms with Gasteiger partial charge in [0.15, 0.2) is 0 Å². The van der Waals surface area contributed by atoms with Crippen LogP contribution in [-0.4, -0.2) is 4.37 Å². The standard InChI is InChI=1S/C7H4NS2/c9-7-5-3-1-2-4-6(5)10-8-7/h1-2,4H,(H,8,9). The van der Waals surface area contributed by atoms with Crippen LogP contribution in [-0.2, 0) is 0 Å². The second kappa shape index (κ2) is 2.25. The summed E-state index contributed by atoms with van der Waals surface area (Å²) in [6.45, 7) is 0. The van der Waals surface area contributed by atoms with Crippen molar-refractivity contribution in [2.45, 2.75) is 5.03 Å². The van der Waals surface area contributed by atoms with E-state index in [-0.39, 0.29) is 0 Å². The highest BCUT2D eigenvalue weighted by Gasteiger charge is 1.98. The summed E-state index contributed by atoms with van der Waals surface area (Å²) in [4.78, 5) is 0. The van der Waals surface area contributed by atoms with Gasteiger partial charge in [-0.3, -0.25) is 0 Å². The molecule has 0 saturated carbocycles. The molecule has 1 radical (unpaired) electrons. The Labute approximate surface area is 68.3 Å². The lowest BCUT2D eigenvalue weighted by Gasteiger charge is -1.83. The van der Waals surface area contributed by atoms with E-state index in [1.54, 1.807) is 0 Å². The first kappa shape index (κ1) is 6.19. The van der Waals surface area contributed by atoms with Crippen LogP contribution in [0.1, 0.15) is 0 Å². The predicted molar refractivity (Wildman–Crippen MR) is 45.7 cm³/mol. The van der Waals surface area contributed by atoms with E-state index in [0.717, 1.165) is 15.1 Å². The van der Waals surface area contributed by atoms with Gasteiger partial charge >= 0.3 is 0 Å². The van der Waals surface area contributed by atoms with Gasteiger partial charge in [0.05, 0.1) is 4.70 Å². The van der Waals surface area contributed by atoms with Gasteiger partial charge < -0.3 is 0 Å². The van der Waals surface area contributed by atoms with E-state index in [1.807, 2.05) is 18.2 Å². The smallest absolute Gasteiger partial charge is 0.115 e. The van der Waals surface area contributed by atoms with Gasteiger partial charge in [0.2, 0.25) is 0 Å². The van der Waals surface area contributed by atoms with Crippen molar-refractivity contribution >= 4 is 34.2 Å². The zero-order chi connectivity index (χ0) is 6.97. The van der Waals surface area contributed by atoms with Crippen molar-refractivity contribution in [1.29, 1.82) is 0 Å². The summed E-state index contributed by atoms with van der Waals surface area (Å²) < 4.78 is 5.22. The van der Waals surface area contributed by atoms with E-state index in [2.05, 4.69) is 23.1 Å². The van der Waals surface area contributed by atoms with Crippen molar-refractivity contribution in [3.8, 4) is 0 Å². The number of benzene rings is 1. The molecule has 2 aromatic rings. The van der Waals surface area contributed by atoms with Gasteiger partial charge in [-0.05, 0) is 23.7 Å². The molecule has 1 aromatic carbocycles. The number of nitrogens with zero attached hydrogens (tertiary/aromatic N) is 1. The molecule has 0 saturated heterocycles. The molecule has 0 N–H and O–H groups in total. The van der Waals surface area contributed by atoms with Gasteiger partial charge in [-0.2, -0.15) is 4.37 Å². The van der Waals surface area contributed by atoms with Crippen LogP contribution >= 0.6 is 24.2 Å². The normalized spacial score (nSPS) is 10.5. The Morgan fingerprint density at radius 2 is 2.50 bits per heavy atom. The summed E-state index contributed by atoms with van der Waals surface area (Å²) in [6, 6.07) is 8.91. The Morgan fingerprint density at radius 3 is 3.30 bits per heavy atom. The predicted octanol–water partition coefficient (Wildman–Crippen LogP) is 2.39. The number of fused-ring (bicyclic) bond motifs is 1. The SMILES string of the molecule is Sc1nsc2ccc[c]c12. The second-order valence-corrected chi connectivity index (χ2v) is 3.14. The topological polar surface area (TPSA) is 12.9 Å². The molecule has 2 rings (SSSR count). The minimum absolute atomic E-state index is 0.778. The zero-order valence-electron chi connectivity index (χ0n) is 5.03. The summed E-state index contributed by atoms with van der Waals surface area (Å²) in [6.07, 6.45) is 0. The van der Waals surface area contributed by atoms with E-state index < -0.39 is 0 Å². The minimum atomic E-state index is 0.778. The molecular weight excluding hydrogens is 162 g/mol. The third-order valence-electron chi connectivity index (χ3n) is 1.27. The molecule has 0 fully saturated rings. The van der Waals surface area contributed by atoms with Crippen LogP contribution in [0.3, 0.4) is 0 Å². The number of aromatic nitrogens is 1. The van der Waals surface area contributed by atoms with Gasteiger partial charge in [-0.15, -0.1) is 12.6 Å².